The predicted molar refractivity (Wildman–Crippen MR) is 62.2 cm³/mol. The first-order chi connectivity index (χ1) is 7.68. The van der Waals surface area contributed by atoms with E-state index in [4.69, 9.17) is 5.73 Å². The Morgan fingerprint density at radius 1 is 1.38 bits per heavy atom. The maximum Gasteiger partial charge on any atom is 0.261 e. The lowest BCUT2D eigenvalue weighted by atomic mass is 10.2. The van der Waals surface area contributed by atoms with Crippen LogP contribution in [-0.2, 0) is 0 Å². The third-order valence-electron chi connectivity index (χ3n) is 2.33. The third kappa shape index (κ3) is 1.88. The summed E-state index contributed by atoms with van der Waals surface area (Å²) in [5.74, 6) is -0.112. The molecule has 82 valence electrons. The number of anilines is 2. The largest absolute Gasteiger partial charge is 0.399 e. The lowest BCUT2D eigenvalue weighted by molar-refractivity contribution is 0.0993. The van der Waals surface area contributed by atoms with E-state index >= 15 is 0 Å². The van der Waals surface area contributed by atoms with Crippen LogP contribution >= 0.6 is 0 Å². The number of nitrogens with two attached hydrogens (primary N) is 1. The number of H-pyrrole nitrogens is 1. The molecule has 0 aliphatic heterocycles. The highest BCUT2D eigenvalue weighted by Gasteiger charge is 2.13. The van der Waals surface area contributed by atoms with Crippen LogP contribution in [0.15, 0.2) is 36.7 Å². The number of aromatic amines is 1. The minimum Gasteiger partial charge on any atom is -0.399 e. The van der Waals surface area contributed by atoms with Crippen LogP contribution in [0.4, 0.5) is 11.4 Å². The molecule has 0 bridgehead atoms. The van der Waals surface area contributed by atoms with Gasteiger partial charge < -0.3 is 10.6 Å². The second-order valence-corrected chi connectivity index (χ2v) is 3.44. The van der Waals surface area contributed by atoms with E-state index in [1.54, 1.807) is 42.4 Å². The fourth-order valence-electron chi connectivity index (χ4n) is 1.38. The van der Waals surface area contributed by atoms with E-state index in [1.165, 1.54) is 6.20 Å². The zero-order valence-corrected chi connectivity index (χ0v) is 8.84. The van der Waals surface area contributed by atoms with Crippen molar-refractivity contribution in [2.75, 3.05) is 17.7 Å². The Labute approximate surface area is 92.9 Å². The zero-order chi connectivity index (χ0) is 11.5. The SMILES string of the molecule is CN(C(=O)c1cn[nH]c1)c1ccc(N)cc1. The Kier molecular flexibility index (Phi) is 2.59. The van der Waals surface area contributed by atoms with Crippen molar-refractivity contribution in [1.82, 2.24) is 10.2 Å². The van der Waals surface area contributed by atoms with Gasteiger partial charge in [0, 0.05) is 24.6 Å². The minimum absolute atomic E-state index is 0.112. The van der Waals surface area contributed by atoms with E-state index in [0.717, 1.165) is 5.69 Å². The summed E-state index contributed by atoms with van der Waals surface area (Å²) < 4.78 is 0. The molecule has 0 spiro atoms. The molecule has 0 aliphatic carbocycles. The topological polar surface area (TPSA) is 75.0 Å². The smallest absolute Gasteiger partial charge is 0.261 e. The molecular weight excluding hydrogens is 204 g/mol. The van der Waals surface area contributed by atoms with Gasteiger partial charge in [0.05, 0.1) is 11.8 Å². The number of hydrogen-bond donors (Lipinski definition) is 2. The van der Waals surface area contributed by atoms with Crippen molar-refractivity contribution in [3.05, 3.63) is 42.2 Å². The van der Waals surface area contributed by atoms with Gasteiger partial charge in [-0.25, -0.2) is 0 Å². The van der Waals surface area contributed by atoms with Crippen molar-refractivity contribution < 1.29 is 4.79 Å². The molecule has 2 aromatic rings. The number of carbonyl (C=O) groups is 1. The van der Waals surface area contributed by atoms with Gasteiger partial charge in [0.15, 0.2) is 0 Å². The van der Waals surface area contributed by atoms with Crippen LogP contribution in [0.3, 0.4) is 0 Å². The Morgan fingerprint density at radius 2 is 2.06 bits per heavy atom. The van der Waals surface area contributed by atoms with Crippen molar-refractivity contribution >= 4 is 17.3 Å². The van der Waals surface area contributed by atoms with E-state index in [-0.39, 0.29) is 5.91 Å². The van der Waals surface area contributed by atoms with Gasteiger partial charge in [-0.1, -0.05) is 0 Å². The molecule has 3 N–H and O–H groups in total. The molecule has 0 radical (unpaired) electrons. The van der Waals surface area contributed by atoms with Crippen LogP contribution < -0.4 is 10.6 Å². The van der Waals surface area contributed by atoms with Crippen molar-refractivity contribution in [2.45, 2.75) is 0 Å². The molecular formula is C11H12N4O. The summed E-state index contributed by atoms with van der Waals surface area (Å²) >= 11 is 0. The van der Waals surface area contributed by atoms with Crippen LogP contribution in [0.2, 0.25) is 0 Å². The van der Waals surface area contributed by atoms with E-state index in [9.17, 15) is 4.79 Å². The van der Waals surface area contributed by atoms with Crippen LogP contribution in [0.25, 0.3) is 0 Å². The Bertz CT molecular complexity index is 475. The summed E-state index contributed by atoms with van der Waals surface area (Å²) in [6, 6.07) is 7.11. The van der Waals surface area contributed by atoms with Gasteiger partial charge >= 0.3 is 0 Å². The molecule has 0 atom stereocenters. The number of nitrogens with one attached hydrogen (secondary N) is 1. The van der Waals surface area contributed by atoms with Crippen molar-refractivity contribution in [2.24, 2.45) is 0 Å². The van der Waals surface area contributed by atoms with Gasteiger partial charge in [-0.05, 0) is 24.3 Å². The molecule has 0 saturated carbocycles. The first-order valence-corrected chi connectivity index (χ1v) is 4.81. The average Bonchev–Trinajstić information content (AvgIpc) is 2.81. The normalized spacial score (nSPS) is 10.1. The van der Waals surface area contributed by atoms with Crippen molar-refractivity contribution in [1.29, 1.82) is 0 Å². The third-order valence-corrected chi connectivity index (χ3v) is 2.33. The summed E-state index contributed by atoms with van der Waals surface area (Å²) in [7, 11) is 1.71. The van der Waals surface area contributed by atoms with E-state index < -0.39 is 0 Å². The van der Waals surface area contributed by atoms with Gasteiger partial charge in [0.1, 0.15) is 0 Å². The molecule has 0 saturated heterocycles. The number of nitrogen functional groups attached to an aromatic ring is 1. The van der Waals surface area contributed by atoms with Crippen LogP contribution in [-0.4, -0.2) is 23.2 Å². The van der Waals surface area contributed by atoms with Crippen LogP contribution in [0, 0.1) is 0 Å². The fourth-order valence-corrected chi connectivity index (χ4v) is 1.38. The number of nitrogens with zero attached hydrogens (tertiary/aromatic N) is 2. The number of hydrogen-bond acceptors (Lipinski definition) is 3. The predicted octanol–water partition coefficient (Wildman–Crippen LogP) is 1.27. The second kappa shape index (κ2) is 4.06. The zero-order valence-electron chi connectivity index (χ0n) is 8.84. The molecule has 2 rings (SSSR count). The van der Waals surface area contributed by atoms with Crippen LogP contribution in [0.1, 0.15) is 10.4 Å². The van der Waals surface area contributed by atoms with Crippen molar-refractivity contribution in [3.8, 4) is 0 Å². The number of rotatable bonds is 2. The number of benzene rings is 1. The Balaban J connectivity index is 2.22. The second-order valence-electron chi connectivity index (χ2n) is 3.44. The molecule has 1 heterocycles. The van der Waals surface area contributed by atoms with Gasteiger partial charge in [-0.15, -0.1) is 0 Å². The first-order valence-electron chi connectivity index (χ1n) is 4.81. The standard InChI is InChI=1S/C11H12N4O/c1-15(10-4-2-9(12)3-5-10)11(16)8-6-13-14-7-8/h2-7H,12H2,1H3,(H,13,14). The molecule has 1 aromatic carbocycles. The summed E-state index contributed by atoms with van der Waals surface area (Å²) in [6.07, 6.45) is 3.06. The fraction of sp³-hybridized carbons (Fsp3) is 0.0909. The monoisotopic (exact) mass is 216 g/mol. The number of aromatic nitrogens is 2. The molecule has 1 aromatic heterocycles. The quantitative estimate of drug-likeness (QED) is 0.742. The molecule has 16 heavy (non-hydrogen) atoms. The highest BCUT2D eigenvalue weighted by molar-refractivity contribution is 6.05. The maximum absolute atomic E-state index is 11.9. The van der Waals surface area contributed by atoms with Crippen LogP contribution in [0.5, 0.6) is 0 Å². The molecule has 0 fully saturated rings. The Morgan fingerprint density at radius 3 is 2.62 bits per heavy atom. The lowest BCUT2D eigenvalue weighted by Crippen LogP contribution is -2.25. The van der Waals surface area contributed by atoms with Gasteiger partial charge in [0.25, 0.3) is 5.91 Å². The van der Waals surface area contributed by atoms with E-state index in [2.05, 4.69) is 10.2 Å². The summed E-state index contributed by atoms with van der Waals surface area (Å²) in [5, 5.41) is 6.35. The first kappa shape index (κ1) is 10.2. The molecule has 5 heteroatoms. The highest BCUT2D eigenvalue weighted by Crippen LogP contribution is 2.16. The average molecular weight is 216 g/mol. The molecule has 0 unspecified atom stereocenters. The maximum atomic E-state index is 11.9. The summed E-state index contributed by atoms with van der Waals surface area (Å²) in [5.41, 5.74) is 7.57. The minimum atomic E-state index is -0.112. The van der Waals surface area contributed by atoms with Gasteiger partial charge in [0.2, 0.25) is 0 Å². The number of carbonyl (C=O) groups excluding carboxylic acids is 1. The molecule has 1 amide bonds. The summed E-state index contributed by atoms with van der Waals surface area (Å²) in [4.78, 5) is 13.5. The molecule has 0 aliphatic rings. The summed E-state index contributed by atoms with van der Waals surface area (Å²) in [6.45, 7) is 0. The lowest BCUT2D eigenvalue weighted by Gasteiger charge is -2.16. The number of amides is 1. The Hall–Kier alpha value is -2.30. The van der Waals surface area contributed by atoms with Gasteiger partial charge in [-0.2, -0.15) is 5.10 Å². The van der Waals surface area contributed by atoms with E-state index in [1.807, 2.05) is 0 Å². The highest BCUT2D eigenvalue weighted by atomic mass is 16.2. The molecule has 5 nitrogen and oxygen atoms in total. The van der Waals surface area contributed by atoms with Crippen molar-refractivity contribution in [3.63, 3.8) is 0 Å². The van der Waals surface area contributed by atoms with Gasteiger partial charge in [-0.3, -0.25) is 9.89 Å². The van der Waals surface area contributed by atoms with E-state index in [0.29, 0.717) is 11.3 Å².